The molecule has 0 amide bonds. The van der Waals surface area contributed by atoms with Crippen LogP contribution in [-0.4, -0.2) is 28.1 Å². The third-order valence-corrected chi connectivity index (χ3v) is 1.86. The fourth-order valence-corrected chi connectivity index (χ4v) is 0.782. The van der Waals surface area contributed by atoms with E-state index in [1.54, 1.807) is 0 Å². The predicted molar refractivity (Wildman–Crippen MR) is 31.6 cm³/mol. The van der Waals surface area contributed by atoms with E-state index in [1.165, 1.54) is 0 Å². The summed E-state index contributed by atoms with van der Waals surface area (Å²) in [6.07, 6.45) is -5.85. The number of nitrogens with zero attached hydrogens (tertiary/aromatic N) is 1. The van der Waals surface area contributed by atoms with Crippen molar-refractivity contribution in [2.45, 2.75) is 23.0 Å². The van der Waals surface area contributed by atoms with Gasteiger partial charge in [-0.3, -0.25) is 0 Å². The highest BCUT2D eigenvalue weighted by atomic mass is 79.9. The molecule has 0 aliphatic carbocycles. The van der Waals surface area contributed by atoms with Crippen molar-refractivity contribution in [2.75, 3.05) is 0 Å². The van der Waals surface area contributed by atoms with Gasteiger partial charge in [0.25, 0.3) is 0 Å². The zero-order chi connectivity index (χ0) is 12.3. The molecule has 1 saturated heterocycles. The summed E-state index contributed by atoms with van der Waals surface area (Å²) in [4.78, 5) is -2.21. The molecule has 2 unspecified atom stereocenters. The number of alkyl halides is 9. The van der Waals surface area contributed by atoms with Crippen LogP contribution in [0.15, 0.2) is 0 Å². The molecule has 0 aromatic heterocycles. The van der Waals surface area contributed by atoms with Gasteiger partial charge in [-0.05, 0) is 21.0 Å². The Labute approximate surface area is 84.8 Å². The van der Waals surface area contributed by atoms with E-state index >= 15 is 0 Å². The third-order valence-electron chi connectivity index (χ3n) is 1.39. The summed E-state index contributed by atoms with van der Waals surface area (Å²) < 4.78 is 96.3. The lowest BCUT2D eigenvalue weighted by atomic mass is 10.5. The highest BCUT2D eigenvalue weighted by Gasteiger charge is 2.86. The Balaban J connectivity index is 2.90. The van der Waals surface area contributed by atoms with Crippen molar-refractivity contribution >= 4 is 15.9 Å². The summed E-state index contributed by atoms with van der Waals surface area (Å²) in [6, 6.07) is -5.46. The Kier molecular flexibility index (Phi) is 2.53. The molecule has 2 nitrogen and oxygen atoms in total. The maximum Gasteiger partial charge on any atom is 0.468 e. The van der Waals surface area contributed by atoms with Crippen LogP contribution < -0.4 is 0 Å². The van der Waals surface area contributed by atoms with Gasteiger partial charge < -0.3 is 0 Å². The minimum absolute atomic E-state index is 1.12. The van der Waals surface area contributed by atoms with Gasteiger partial charge in [-0.1, -0.05) is 0 Å². The number of halogens is 9. The first-order chi connectivity index (χ1) is 6.34. The van der Waals surface area contributed by atoms with Gasteiger partial charge >= 0.3 is 23.0 Å². The molecule has 2 atom stereocenters. The van der Waals surface area contributed by atoms with Crippen molar-refractivity contribution in [3.8, 4) is 0 Å². The van der Waals surface area contributed by atoms with E-state index in [1.807, 2.05) is 0 Å². The molecule has 15 heavy (non-hydrogen) atoms. The number of hydroxylamine groups is 2. The number of hydrogen-bond acceptors (Lipinski definition) is 2. The lowest BCUT2D eigenvalue weighted by Gasteiger charge is -2.20. The smallest absolute Gasteiger partial charge is 0.223 e. The molecule has 0 N–H and O–H groups in total. The van der Waals surface area contributed by atoms with E-state index in [0.717, 1.165) is 15.9 Å². The highest BCUT2D eigenvalue weighted by molar-refractivity contribution is 9.10. The molecule has 0 radical (unpaired) electrons. The Morgan fingerprint density at radius 2 is 1.40 bits per heavy atom. The van der Waals surface area contributed by atoms with Gasteiger partial charge in [-0.15, -0.1) is 0 Å². The molecule has 11 heteroatoms. The monoisotopic (exact) mass is 309 g/mol. The van der Waals surface area contributed by atoms with Crippen molar-refractivity contribution in [2.24, 2.45) is 0 Å². The van der Waals surface area contributed by atoms with Gasteiger partial charge in [0.15, 0.2) is 0 Å². The summed E-state index contributed by atoms with van der Waals surface area (Å²) in [7, 11) is 0. The lowest BCUT2D eigenvalue weighted by Crippen LogP contribution is -2.47. The van der Waals surface area contributed by atoms with Crippen LogP contribution in [0.1, 0.15) is 0 Å². The zero-order valence-corrected chi connectivity index (χ0v) is 7.84. The summed E-state index contributed by atoms with van der Waals surface area (Å²) in [5, 5.41) is -1.76. The first kappa shape index (κ1) is 12.9. The molecule has 0 saturated carbocycles. The molecule has 1 aliphatic heterocycles. The summed E-state index contributed by atoms with van der Waals surface area (Å²) in [6.45, 7) is 0. The van der Waals surface area contributed by atoms with Crippen molar-refractivity contribution in [1.82, 2.24) is 5.06 Å². The molecule has 90 valence electrons. The standard InChI is InChI=1S/C4BrF8NO/c5-1(6,7)3(11,12)14-4(13,15-14)2(8,9)10. The average molecular weight is 310 g/mol. The largest absolute Gasteiger partial charge is 0.468 e. The van der Waals surface area contributed by atoms with Crippen LogP contribution in [0.3, 0.4) is 0 Å². The molecule has 0 bridgehead atoms. The van der Waals surface area contributed by atoms with Gasteiger partial charge in [0, 0.05) is 0 Å². The highest BCUT2D eigenvalue weighted by Crippen LogP contribution is 2.58. The van der Waals surface area contributed by atoms with E-state index in [4.69, 9.17) is 0 Å². The molecule has 1 aliphatic rings. The Hall–Kier alpha value is -0.160. The normalized spacial score (nSPS) is 33.0. The minimum Gasteiger partial charge on any atom is -0.223 e. The molecule has 0 aromatic carbocycles. The van der Waals surface area contributed by atoms with Gasteiger partial charge in [0.1, 0.15) is 0 Å². The van der Waals surface area contributed by atoms with Gasteiger partial charge in [-0.2, -0.15) is 35.1 Å². The second-order valence-electron chi connectivity index (χ2n) is 2.48. The third kappa shape index (κ3) is 1.80. The first-order valence-electron chi connectivity index (χ1n) is 3.03. The van der Waals surface area contributed by atoms with Crippen molar-refractivity contribution in [3.05, 3.63) is 0 Å². The molecular weight excluding hydrogens is 310 g/mol. The fraction of sp³-hybridized carbons (Fsp3) is 1.00. The molecule has 1 heterocycles. The number of hydrogen-bond donors (Lipinski definition) is 0. The quantitative estimate of drug-likeness (QED) is 0.337. The second kappa shape index (κ2) is 2.94. The summed E-state index contributed by atoms with van der Waals surface area (Å²) >= 11 is 1.12. The molecular formula is C4BrF8NO. The molecule has 1 fully saturated rings. The van der Waals surface area contributed by atoms with Crippen LogP contribution in [0.25, 0.3) is 0 Å². The Morgan fingerprint density at radius 3 is 1.60 bits per heavy atom. The minimum atomic E-state index is -5.85. The van der Waals surface area contributed by atoms with E-state index in [9.17, 15) is 35.1 Å². The predicted octanol–water partition coefficient (Wildman–Crippen LogP) is 3.00. The first-order valence-corrected chi connectivity index (χ1v) is 3.83. The molecule has 0 spiro atoms. The van der Waals surface area contributed by atoms with Crippen LogP contribution in [-0.2, 0) is 4.84 Å². The van der Waals surface area contributed by atoms with Crippen LogP contribution in [0.4, 0.5) is 35.1 Å². The van der Waals surface area contributed by atoms with Crippen molar-refractivity contribution in [3.63, 3.8) is 0 Å². The summed E-state index contributed by atoms with van der Waals surface area (Å²) in [5.74, 6) is -4.88. The maximum atomic E-state index is 12.4. The zero-order valence-electron chi connectivity index (χ0n) is 6.26. The maximum absolute atomic E-state index is 12.4. The summed E-state index contributed by atoms with van der Waals surface area (Å²) in [5.41, 5.74) is 0. The van der Waals surface area contributed by atoms with Crippen LogP contribution in [0, 0.1) is 0 Å². The van der Waals surface area contributed by atoms with Crippen LogP contribution in [0.5, 0.6) is 0 Å². The van der Waals surface area contributed by atoms with Crippen molar-refractivity contribution in [1.29, 1.82) is 0 Å². The molecule has 0 aromatic rings. The second-order valence-corrected chi connectivity index (χ2v) is 3.48. The SMILES string of the molecule is FC(F)(F)C1(F)ON1C(F)(F)C(F)(F)Br. The number of rotatable bonds is 2. The van der Waals surface area contributed by atoms with E-state index in [-0.39, 0.29) is 0 Å². The lowest BCUT2D eigenvalue weighted by molar-refractivity contribution is -0.270. The van der Waals surface area contributed by atoms with Crippen molar-refractivity contribution < 1.29 is 40.0 Å². The van der Waals surface area contributed by atoms with Crippen LogP contribution >= 0.6 is 15.9 Å². The van der Waals surface area contributed by atoms with Crippen LogP contribution in [0.2, 0.25) is 0 Å². The van der Waals surface area contributed by atoms with E-state index < -0.39 is 28.1 Å². The van der Waals surface area contributed by atoms with Gasteiger partial charge in [0.2, 0.25) is 0 Å². The average Bonchev–Trinajstić information content (AvgIpc) is 2.59. The Bertz CT molecular complexity index is 273. The van der Waals surface area contributed by atoms with E-state index in [0.29, 0.717) is 0 Å². The Morgan fingerprint density at radius 1 is 1.00 bits per heavy atom. The topological polar surface area (TPSA) is 15.5 Å². The van der Waals surface area contributed by atoms with Gasteiger partial charge in [0.05, 0.1) is 0 Å². The molecule has 1 rings (SSSR count). The van der Waals surface area contributed by atoms with E-state index in [2.05, 4.69) is 4.84 Å². The fourth-order valence-electron chi connectivity index (χ4n) is 0.621. The van der Waals surface area contributed by atoms with Gasteiger partial charge in [-0.25, -0.2) is 4.84 Å².